The number of carbonyl (C=O) groups is 1. The maximum Gasteiger partial charge on any atom is 0.416 e. The van der Waals surface area contributed by atoms with E-state index in [2.05, 4.69) is 22.0 Å². The number of aryl methyl sites for hydroxylation is 1. The van der Waals surface area contributed by atoms with E-state index in [-0.39, 0.29) is 12.1 Å². The van der Waals surface area contributed by atoms with Gasteiger partial charge in [-0.15, -0.1) is 0 Å². The number of carboxylic acids is 1. The molecule has 2 aliphatic rings. The third-order valence-corrected chi connectivity index (χ3v) is 6.69. The molecule has 5 rings (SSSR count). The summed E-state index contributed by atoms with van der Waals surface area (Å²) in [5.74, 6) is -0.634. The van der Waals surface area contributed by atoms with Crippen molar-refractivity contribution in [2.45, 2.75) is 25.6 Å². The van der Waals surface area contributed by atoms with Crippen LogP contribution in [0.25, 0.3) is 0 Å². The lowest BCUT2D eigenvalue weighted by molar-refractivity contribution is -0.138. The first-order valence-corrected chi connectivity index (χ1v) is 12.0. The second kappa shape index (κ2) is 9.76. The maximum atomic E-state index is 13.6. The number of halogens is 3. The van der Waals surface area contributed by atoms with Crippen molar-refractivity contribution in [1.29, 1.82) is 0 Å². The number of rotatable bonds is 4. The van der Waals surface area contributed by atoms with E-state index in [1.165, 1.54) is 6.07 Å². The fourth-order valence-corrected chi connectivity index (χ4v) is 4.92. The summed E-state index contributed by atoms with van der Waals surface area (Å²) in [5.41, 5.74) is 2.84. The Labute approximate surface area is 212 Å². The molecule has 1 saturated heterocycles. The van der Waals surface area contributed by atoms with Crippen molar-refractivity contribution in [3.05, 3.63) is 83.7 Å². The molecule has 1 aromatic heterocycles. The monoisotopic (exact) mass is 509 g/mol. The Balaban J connectivity index is 1.54. The van der Waals surface area contributed by atoms with Crippen LogP contribution in [0.4, 0.5) is 30.2 Å². The van der Waals surface area contributed by atoms with Gasteiger partial charge in [0.2, 0.25) is 5.96 Å². The Morgan fingerprint density at radius 1 is 1.00 bits per heavy atom. The van der Waals surface area contributed by atoms with Crippen LogP contribution in [0.3, 0.4) is 0 Å². The van der Waals surface area contributed by atoms with Crippen LogP contribution in [0, 0.1) is 6.92 Å². The van der Waals surface area contributed by atoms with E-state index < -0.39 is 23.8 Å². The molecule has 0 spiro atoms. The largest absolute Gasteiger partial charge is 0.481 e. The smallest absolute Gasteiger partial charge is 0.416 e. The highest BCUT2D eigenvalue weighted by molar-refractivity contribution is 6.01. The summed E-state index contributed by atoms with van der Waals surface area (Å²) in [6.07, 6.45) is -1.74. The van der Waals surface area contributed by atoms with Gasteiger partial charge >= 0.3 is 12.1 Å². The molecule has 192 valence electrons. The number of aliphatic carboxylic acids is 1. The van der Waals surface area contributed by atoms with Crippen molar-refractivity contribution in [2.24, 2.45) is 4.99 Å². The molecule has 0 aliphatic carbocycles. The first-order valence-electron chi connectivity index (χ1n) is 12.0. The minimum atomic E-state index is -4.54. The molecule has 0 saturated carbocycles. The maximum absolute atomic E-state index is 13.6. The lowest BCUT2D eigenvalue weighted by atomic mass is 9.98. The predicted molar refractivity (Wildman–Crippen MR) is 135 cm³/mol. The molecular weight excluding hydrogens is 483 g/mol. The molecule has 0 radical (unpaired) electrons. The van der Waals surface area contributed by atoms with Gasteiger partial charge in [0.1, 0.15) is 0 Å². The van der Waals surface area contributed by atoms with Gasteiger partial charge in [-0.1, -0.05) is 18.2 Å². The van der Waals surface area contributed by atoms with Crippen LogP contribution in [0.2, 0.25) is 0 Å². The van der Waals surface area contributed by atoms with Gasteiger partial charge in [-0.2, -0.15) is 13.2 Å². The number of nitrogens with zero attached hydrogens (tertiary/aromatic N) is 5. The summed E-state index contributed by atoms with van der Waals surface area (Å²) in [4.78, 5) is 26.8. The Bertz CT molecular complexity index is 1340. The van der Waals surface area contributed by atoms with Gasteiger partial charge < -0.3 is 19.8 Å². The molecular formula is C27H26F3N5O2. The average Bonchev–Trinajstić information content (AvgIpc) is 2.88. The predicted octanol–water partition coefficient (Wildman–Crippen LogP) is 5.25. The molecule has 1 fully saturated rings. The summed E-state index contributed by atoms with van der Waals surface area (Å²) in [6.45, 7) is 4.54. The van der Waals surface area contributed by atoms with Gasteiger partial charge in [-0.3, -0.25) is 9.78 Å². The summed E-state index contributed by atoms with van der Waals surface area (Å²) >= 11 is 0. The first kappa shape index (κ1) is 24.6. The first-order chi connectivity index (χ1) is 17.7. The van der Waals surface area contributed by atoms with Gasteiger partial charge in [0.25, 0.3) is 0 Å². The highest BCUT2D eigenvalue weighted by Crippen LogP contribution is 2.41. The second-order valence-corrected chi connectivity index (χ2v) is 9.19. The van der Waals surface area contributed by atoms with Crippen LogP contribution in [-0.4, -0.2) is 53.1 Å². The molecule has 2 aliphatic heterocycles. The lowest BCUT2D eigenvalue weighted by Crippen LogP contribution is -2.55. The number of pyridine rings is 1. The standard InChI is InChI=1S/C27H26F3N5O2/c1-18-4-2-6-20(14-18)33-10-12-34(13-11-33)26-32-23-17-31-9-8-22(23)24(16-25(36)37)35(26)21-7-3-5-19(15-21)27(28,29)30/h2-9,14-15,17,24H,10-13,16H2,1H3,(H,36,37). The highest BCUT2D eigenvalue weighted by atomic mass is 19.4. The van der Waals surface area contributed by atoms with Crippen molar-refractivity contribution in [3.63, 3.8) is 0 Å². The molecule has 37 heavy (non-hydrogen) atoms. The van der Waals surface area contributed by atoms with E-state index in [0.29, 0.717) is 43.4 Å². The summed E-state index contributed by atoms with van der Waals surface area (Å²) in [7, 11) is 0. The number of aliphatic imine (C=N–C) groups is 1. The Morgan fingerprint density at radius 3 is 2.41 bits per heavy atom. The molecule has 1 atom stereocenters. The number of carboxylic acid groups (broad SMARTS) is 1. The van der Waals surface area contributed by atoms with Gasteiger partial charge in [-0.25, -0.2) is 4.99 Å². The summed E-state index contributed by atoms with van der Waals surface area (Å²) < 4.78 is 40.8. The normalized spacial score (nSPS) is 17.9. The summed E-state index contributed by atoms with van der Waals surface area (Å²) in [5, 5.41) is 9.74. The SMILES string of the molecule is Cc1cccc(N2CCN(C3=Nc4cnccc4C(CC(=O)O)N3c3cccc(C(F)(F)F)c3)CC2)c1. The van der Waals surface area contributed by atoms with Crippen LogP contribution in [0.5, 0.6) is 0 Å². The fraction of sp³-hybridized carbons (Fsp3) is 0.296. The second-order valence-electron chi connectivity index (χ2n) is 9.19. The number of alkyl halides is 3. The number of anilines is 2. The van der Waals surface area contributed by atoms with Crippen LogP contribution in [0.15, 0.2) is 72.0 Å². The Kier molecular flexibility index (Phi) is 6.49. The molecule has 1 unspecified atom stereocenters. The molecule has 0 amide bonds. The number of aromatic nitrogens is 1. The zero-order valence-corrected chi connectivity index (χ0v) is 20.2. The zero-order valence-electron chi connectivity index (χ0n) is 20.2. The number of hydrogen-bond acceptors (Lipinski definition) is 6. The third kappa shape index (κ3) is 5.09. The van der Waals surface area contributed by atoms with Crippen molar-refractivity contribution in [3.8, 4) is 0 Å². The minimum Gasteiger partial charge on any atom is -0.481 e. The third-order valence-electron chi connectivity index (χ3n) is 6.69. The molecule has 3 heterocycles. The molecule has 10 heteroatoms. The van der Waals surface area contributed by atoms with E-state index in [9.17, 15) is 23.1 Å². The van der Waals surface area contributed by atoms with E-state index in [1.54, 1.807) is 29.4 Å². The molecule has 2 aromatic carbocycles. The van der Waals surface area contributed by atoms with E-state index in [1.807, 2.05) is 24.0 Å². The zero-order chi connectivity index (χ0) is 26.2. The van der Waals surface area contributed by atoms with Crippen molar-refractivity contribution in [1.82, 2.24) is 9.88 Å². The van der Waals surface area contributed by atoms with Gasteiger partial charge in [0, 0.05) is 49.3 Å². The topological polar surface area (TPSA) is 72.3 Å². The van der Waals surface area contributed by atoms with Crippen molar-refractivity contribution < 1.29 is 23.1 Å². The van der Waals surface area contributed by atoms with Crippen LogP contribution in [-0.2, 0) is 11.0 Å². The van der Waals surface area contributed by atoms with E-state index in [0.717, 1.165) is 23.4 Å². The van der Waals surface area contributed by atoms with Crippen LogP contribution < -0.4 is 9.80 Å². The number of piperazine rings is 1. The van der Waals surface area contributed by atoms with E-state index in [4.69, 9.17) is 4.99 Å². The molecule has 1 N–H and O–H groups in total. The van der Waals surface area contributed by atoms with Gasteiger partial charge in [0.15, 0.2) is 0 Å². The minimum absolute atomic E-state index is 0.239. The highest BCUT2D eigenvalue weighted by Gasteiger charge is 2.38. The average molecular weight is 510 g/mol. The molecule has 0 bridgehead atoms. The Hall–Kier alpha value is -4.08. The summed E-state index contributed by atoms with van der Waals surface area (Å²) in [6, 6.07) is 14.1. The van der Waals surface area contributed by atoms with Crippen molar-refractivity contribution >= 4 is 29.0 Å². The number of guanidine groups is 1. The number of benzene rings is 2. The number of hydrogen-bond donors (Lipinski definition) is 1. The fourth-order valence-electron chi connectivity index (χ4n) is 4.92. The van der Waals surface area contributed by atoms with Crippen molar-refractivity contribution in [2.75, 3.05) is 36.0 Å². The van der Waals surface area contributed by atoms with E-state index >= 15 is 0 Å². The Morgan fingerprint density at radius 2 is 1.70 bits per heavy atom. The van der Waals surface area contributed by atoms with Gasteiger partial charge in [0.05, 0.1) is 29.9 Å². The molecule has 7 nitrogen and oxygen atoms in total. The van der Waals surface area contributed by atoms with Crippen LogP contribution >= 0.6 is 0 Å². The van der Waals surface area contributed by atoms with Gasteiger partial charge in [-0.05, 0) is 48.9 Å². The lowest BCUT2D eigenvalue weighted by Gasteiger charge is -2.45. The number of fused-ring (bicyclic) bond motifs is 1. The quantitative estimate of drug-likeness (QED) is 0.518. The molecule has 3 aromatic rings. The van der Waals surface area contributed by atoms with Crippen LogP contribution in [0.1, 0.15) is 29.2 Å².